The Morgan fingerprint density at radius 2 is 2.12 bits per heavy atom. The van der Waals surface area contributed by atoms with Crippen LogP contribution in [0.5, 0.6) is 0 Å². The van der Waals surface area contributed by atoms with Crippen LogP contribution >= 0.6 is 0 Å². The highest BCUT2D eigenvalue weighted by Gasteiger charge is 2.30. The lowest BCUT2D eigenvalue weighted by Crippen LogP contribution is -2.12. The van der Waals surface area contributed by atoms with Gasteiger partial charge in [-0.05, 0) is 18.6 Å². The Morgan fingerprint density at radius 1 is 1.31 bits per heavy atom. The first-order valence-corrected chi connectivity index (χ1v) is 4.89. The molecule has 0 fully saturated rings. The van der Waals surface area contributed by atoms with Crippen molar-refractivity contribution < 1.29 is 13.2 Å². The molecule has 1 aromatic heterocycles. The van der Waals surface area contributed by atoms with Crippen molar-refractivity contribution in [3.63, 3.8) is 0 Å². The van der Waals surface area contributed by atoms with E-state index in [1.165, 1.54) is 0 Å². The molecule has 0 aliphatic carbocycles. The molecule has 1 N–H and O–H groups in total. The predicted octanol–water partition coefficient (Wildman–Crippen LogP) is 2.70. The fourth-order valence-corrected chi connectivity index (χ4v) is 1.46. The van der Waals surface area contributed by atoms with Gasteiger partial charge in [-0.1, -0.05) is 0 Å². The number of amidine groups is 1. The standard InChI is InChI=1S/C10H10F3N3/c11-10(12,13)7-3-5-15-9(6-7)16-8-2-1-4-14-8/h3,5-6H,1-2,4H2,(H,14,15,16). The lowest BCUT2D eigenvalue weighted by atomic mass is 10.2. The number of anilines is 1. The number of aromatic nitrogens is 1. The first-order valence-electron chi connectivity index (χ1n) is 4.89. The van der Waals surface area contributed by atoms with Crippen LogP contribution in [0.2, 0.25) is 0 Å². The molecule has 0 bridgehead atoms. The van der Waals surface area contributed by atoms with E-state index in [0.717, 1.165) is 37.7 Å². The molecular weight excluding hydrogens is 219 g/mol. The molecular formula is C10H10F3N3. The average Bonchev–Trinajstić information content (AvgIpc) is 2.70. The fourth-order valence-electron chi connectivity index (χ4n) is 1.46. The number of pyridine rings is 1. The second-order valence-electron chi connectivity index (χ2n) is 3.48. The van der Waals surface area contributed by atoms with Gasteiger partial charge >= 0.3 is 6.18 Å². The van der Waals surface area contributed by atoms with E-state index in [4.69, 9.17) is 0 Å². The van der Waals surface area contributed by atoms with Crippen LogP contribution in [0.4, 0.5) is 19.0 Å². The molecule has 1 aromatic rings. The van der Waals surface area contributed by atoms with Gasteiger partial charge in [0.15, 0.2) is 0 Å². The third-order valence-corrected chi connectivity index (χ3v) is 2.23. The second-order valence-corrected chi connectivity index (χ2v) is 3.48. The first-order chi connectivity index (χ1) is 7.55. The minimum Gasteiger partial charge on any atom is -0.329 e. The van der Waals surface area contributed by atoms with Gasteiger partial charge in [0.2, 0.25) is 0 Å². The van der Waals surface area contributed by atoms with Crippen molar-refractivity contribution in [2.75, 3.05) is 11.9 Å². The quantitative estimate of drug-likeness (QED) is 0.803. The molecule has 2 heterocycles. The van der Waals surface area contributed by atoms with Gasteiger partial charge in [0.1, 0.15) is 11.7 Å². The number of nitrogens with one attached hydrogen (secondary N) is 1. The minimum atomic E-state index is -4.34. The van der Waals surface area contributed by atoms with Crippen molar-refractivity contribution in [1.29, 1.82) is 0 Å². The van der Waals surface area contributed by atoms with Crippen LogP contribution in [0.15, 0.2) is 23.3 Å². The number of rotatable bonds is 1. The molecule has 2 rings (SSSR count). The summed E-state index contributed by atoms with van der Waals surface area (Å²) in [6, 6.07) is 1.93. The van der Waals surface area contributed by atoms with E-state index in [1.807, 2.05) is 0 Å². The second kappa shape index (κ2) is 4.11. The Balaban J connectivity index is 2.16. The van der Waals surface area contributed by atoms with Crippen LogP contribution in [0.25, 0.3) is 0 Å². The number of hydrogen-bond donors (Lipinski definition) is 1. The zero-order chi connectivity index (χ0) is 11.6. The molecule has 0 saturated heterocycles. The Labute approximate surface area is 90.4 Å². The zero-order valence-electron chi connectivity index (χ0n) is 8.38. The number of hydrogen-bond acceptors (Lipinski definition) is 3. The minimum absolute atomic E-state index is 0.190. The summed E-state index contributed by atoms with van der Waals surface area (Å²) in [6.07, 6.45) is -1.50. The maximum Gasteiger partial charge on any atom is 0.416 e. The van der Waals surface area contributed by atoms with Crippen LogP contribution in [0.3, 0.4) is 0 Å². The van der Waals surface area contributed by atoms with Gasteiger partial charge in [-0.3, -0.25) is 4.99 Å². The topological polar surface area (TPSA) is 37.3 Å². The Bertz CT molecular complexity index is 412. The van der Waals surface area contributed by atoms with Crippen LogP contribution in [0, 0.1) is 0 Å². The Hall–Kier alpha value is -1.59. The average molecular weight is 229 g/mol. The maximum absolute atomic E-state index is 12.4. The molecule has 1 aliphatic heterocycles. The Morgan fingerprint density at radius 3 is 2.75 bits per heavy atom. The molecule has 0 aromatic carbocycles. The number of halogens is 3. The molecule has 3 nitrogen and oxygen atoms in total. The van der Waals surface area contributed by atoms with E-state index in [1.54, 1.807) is 0 Å². The molecule has 6 heteroatoms. The lowest BCUT2D eigenvalue weighted by Gasteiger charge is -2.09. The van der Waals surface area contributed by atoms with Gasteiger partial charge in [0.25, 0.3) is 0 Å². The summed E-state index contributed by atoms with van der Waals surface area (Å²) >= 11 is 0. The smallest absolute Gasteiger partial charge is 0.329 e. The van der Waals surface area contributed by atoms with Crippen molar-refractivity contribution in [1.82, 2.24) is 4.98 Å². The van der Waals surface area contributed by atoms with E-state index in [9.17, 15) is 13.2 Å². The van der Waals surface area contributed by atoms with Crippen LogP contribution in [-0.2, 0) is 6.18 Å². The molecule has 0 unspecified atom stereocenters. The molecule has 0 spiro atoms. The molecule has 0 radical (unpaired) electrons. The van der Waals surface area contributed by atoms with E-state index >= 15 is 0 Å². The lowest BCUT2D eigenvalue weighted by molar-refractivity contribution is -0.137. The van der Waals surface area contributed by atoms with Crippen LogP contribution in [-0.4, -0.2) is 17.4 Å². The van der Waals surface area contributed by atoms with Gasteiger partial charge in [-0.15, -0.1) is 0 Å². The predicted molar refractivity (Wildman–Crippen MR) is 54.4 cm³/mol. The molecule has 0 amide bonds. The van der Waals surface area contributed by atoms with Gasteiger partial charge < -0.3 is 5.32 Å². The van der Waals surface area contributed by atoms with Crippen molar-refractivity contribution in [3.8, 4) is 0 Å². The summed E-state index contributed by atoms with van der Waals surface area (Å²) in [4.78, 5) is 7.93. The van der Waals surface area contributed by atoms with Gasteiger partial charge in [0.05, 0.1) is 5.56 Å². The number of nitrogens with zero attached hydrogens (tertiary/aromatic N) is 2. The van der Waals surface area contributed by atoms with E-state index in [-0.39, 0.29) is 5.82 Å². The molecule has 0 saturated carbocycles. The summed E-state index contributed by atoms with van der Waals surface area (Å²) in [5.74, 6) is 0.891. The highest BCUT2D eigenvalue weighted by molar-refractivity contribution is 5.95. The zero-order valence-corrected chi connectivity index (χ0v) is 8.38. The van der Waals surface area contributed by atoms with Gasteiger partial charge in [-0.2, -0.15) is 13.2 Å². The van der Waals surface area contributed by atoms with Crippen molar-refractivity contribution >= 4 is 11.7 Å². The SMILES string of the molecule is FC(F)(F)c1ccnc(NC2=NCCC2)c1. The summed E-state index contributed by atoms with van der Waals surface area (Å²) in [5, 5.41) is 2.79. The molecule has 0 atom stereocenters. The number of alkyl halides is 3. The Kier molecular flexibility index (Phi) is 2.80. The summed E-state index contributed by atoms with van der Waals surface area (Å²) in [6.45, 7) is 0.724. The summed E-state index contributed by atoms with van der Waals surface area (Å²) in [5.41, 5.74) is -0.705. The third kappa shape index (κ3) is 2.50. The van der Waals surface area contributed by atoms with Crippen molar-refractivity contribution in [2.24, 2.45) is 4.99 Å². The normalized spacial score (nSPS) is 16.1. The molecule has 16 heavy (non-hydrogen) atoms. The summed E-state index contributed by atoms with van der Waals surface area (Å²) in [7, 11) is 0. The van der Waals surface area contributed by atoms with Crippen LogP contribution in [0.1, 0.15) is 18.4 Å². The van der Waals surface area contributed by atoms with E-state index in [2.05, 4.69) is 15.3 Å². The van der Waals surface area contributed by atoms with Gasteiger partial charge in [0, 0.05) is 19.2 Å². The van der Waals surface area contributed by atoms with Gasteiger partial charge in [-0.25, -0.2) is 4.98 Å². The monoisotopic (exact) mass is 229 g/mol. The van der Waals surface area contributed by atoms with E-state index in [0.29, 0.717) is 5.84 Å². The fraction of sp³-hybridized carbons (Fsp3) is 0.400. The molecule has 86 valence electrons. The van der Waals surface area contributed by atoms with E-state index < -0.39 is 11.7 Å². The van der Waals surface area contributed by atoms with Crippen molar-refractivity contribution in [3.05, 3.63) is 23.9 Å². The van der Waals surface area contributed by atoms with Crippen molar-refractivity contribution in [2.45, 2.75) is 19.0 Å². The van der Waals surface area contributed by atoms with Crippen LogP contribution < -0.4 is 5.32 Å². The summed E-state index contributed by atoms with van der Waals surface area (Å²) < 4.78 is 37.2. The highest BCUT2D eigenvalue weighted by atomic mass is 19.4. The molecule has 1 aliphatic rings. The third-order valence-electron chi connectivity index (χ3n) is 2.23. The largest absolute Gasteiger partial charge is 0.416 e. The first kappa shape index (κ1) is 10.9. The number of aliphatic imine (C=N–C) groups is 1. The highest BCUT2D eigenvalue weighted by Crippen LogP contribution is 2.29. The maximum atomic E-state index is 12.4.